The molecule has 1 heterocycles. The van der Waals surface area contributed by atoms with E-state index in [1.807, 2.05) is 0 Å². The summed E-state index contributed by atoms with van der Waals surface area (Å²) in [7, 11) is 2.49. The molecule has 2 rings (SSSR count). The van der Waals surface area contributed by atoms with Crippen molar-refractivity contribution in [3.8, 4) is 0 Å². The first-order valence-electron chi connectivity index (χ1n) is 6.95. The van der Waals surface area contributed by atoms with Crippen LogP contribution in [0.2, 0.25) is 0 Å². The summed E-state index contributed by atoms with van der Waals surface area (Å²) in [6, 6.07) is 0. The maximum absolute atomic E-state index is 12.2. The van der Waals surface area contributed by atoms with Crippen LogP contribution >= 0.6 is 0 Å². The Morgan fingerprint density at radius 2 is 1.50 bits per heavy atom. The Morgan fingerprint density at radius 1 is 1.00 bits per heavy atom. The van der Waals surface area contributed by atoms with Crippen LogP contribution in [0.4, 0.5) is 0 Å². The lowest BCUT2D eigenvalue weighted by molar-refractivity contribution is -0.168. The standard InChI is InChI=1S/C16H19NO5/c1-8-11-6-16(14(19)21-4,15(20)22-5)7-12(11)9(2)17-13(8)10(3)18/h6-7H2,1-5H3. The first-order valence-corrected chi connectivity index (χ1v) is 6.95. The Balaban J connectivity index is 2.63. The van der Waals surface area contributed by atoms with E-state index in [4.69, 9.17) is 9.47 Å². The fraction of sp³-hybridized carbons (Fsp3) is 0.500. The Morgan fingerprint density at radius 3 is 1.95 bits per heavy atom. The van der Waals surface area contributed by atoms with Gasteiger partial charge in [0.05, 0.1) is 14.2 Å². The number of fused-ring (bicyclic) bond motifs is 1. The number of carbonyl (C=O) groups excluding carboxylic acids is 3. The molecule has 0 N–H and O–H groups in total. The van der Waals surface area contributed by atoms with Gasteiger partial charge in [-0.1, -0.05) is 0 Å². The summed E-state index contributed by atoms with van der Waals surface area (Å²) in [6.07, 6.45) is 0.344. The number of hydrogen-bond donors (Lipinski definition) is 0. The number of esters is 2. The minimum absolute atomic E-state index is 0.142. The molecule has 0 bridgehead atoms. The zero-order valence-corrected chi connectivity index (χ0v) is 13.4. The molecule has 0 saturated heterocycles. The number of rotatable bonds is 3. The highest BCUT2D eigenvalue weighted by atomic mass is 16.5. The van der Waals surface area contributed by atoms with Crippen molar-refractivity contribution in [2.24, 2.45) is 5.41 Å². The van der Waals surface area contributed by atoms with E-state index in [9.17, 15) is 14.4 Å². The minimum atomic E-state index is -1.39. The van der Waals surface area contributed by atoms with Crippen LogP contribution in [0.3, 0.4) is 0 Å². The molecule has 6 nitrogen and oxygen atoms in total. The molecule has 1 aliphatic rings. The van der Waals surface area contributed by atoms with Crippen molar-refractivity contribution in [1.82, 2.24) is 4.98 Å². The Labute approximate surface area is 128 Å². The molecule has 0 atom stereocenters. The second-order valence-electron chi connectivity index (χ2n) is 5.60. The molecule has 0 fully saturated rings. The number of Topliss-reactive ketones (excluding diaryl/α,β-unsaturated/α-hetero) is 1. The van der Waals surface area contributed by atoms with Crippen molar-refractivity contribution in [3.05, 3.63) is 28.1 Å². The van der Waals surface area contributed by atoms with E-state index < -0.39 is 17.4 Å². The monoisotopic (exact) mass is 305 g/mol. The van der Waals surface area contributed by atoms with Gasteiger partial charge in [-0.05, 0) is 30.5 Å². The SMILES string of the molecule is COC(=O)C1(C(=O)OC)Cc2c(C)nc(C(C)=O)c(C)c2C1. The highest BCUT2D eigenvalue weighted by molar-refractivity contribution is 6.02. The molecule has 22 heavy (non-hydrogen) atoms. The molecule has 1 aromatic rings. The number of carbonyl (C=O) groups is 3. The molecule has 0 aromatic carbocycles. The average molecular weight is 305 g/mol. The third-order valence-electron chi connectivity index (χ3n) is 4.33. The van der Waals surface area contributed by atoms with Crippen molar-refractivity contribution in [2.45, 2.75) is 33.6 Å². The summed E-state index contributed by atoms with van der Waals surface area (Å²) >= 11 is 0. The van der Waals surface area contributed by atoms with Gasteiger partial charge in [-0.2, -0.15) is 0 Å². The summed E-state index contributed by atoms with van der Waals surface area (Å²) in [4.78, 5) is 40.5. The van der Waals surface area contributed by atoms with E-state index >= 15 is 0 Å². The Kier molecular flexibility index (Phi) is 4.04. The number of aryl methyl sites for hydroxylation is 1. The van der Waals surface area contributed by atoms with Crippen molar-refractivity contribution in [2.75, 3.05) is 14.2 Å². The number of pyridine rings is 1. The number of aromatic nitrogens is 1. The lowest BCUT2D eigenvalue weighted by Crippen LogP contribution is -2.42. The van der Waals surface area contributed by atoms with Gasteiger partial charge in [-0.3, -0.25) is 14.4 Å². The van der Waals surface area contributed by atoms with E-state index in [1.54, 1.807) is 13.8 Å². The van der Waals surface area contributed by atoms with Crippen LogP contribution in [0.25, 0.3) is 0 Å². The summed E-state index contributed by atoms with van der Waals surface area (Å²) in [5.41, 5.74) is 1.98. The zero-order chi connectivity index (χ0) is 16.7. The topological polar surface area (TPSA) is 82.6 Å². The first-order chi connectivity index (χ1) is 10.3. The molecule has 0 spiro atoms. The third kappa shape index (κ3) is 2.19. The lowest BCUT2D eigenvalue weighted by Gasteiger charge is -2.22. The quantitative estimate of drug-likeness (QED) is 0.476. The van der Waals surface area contributed by atoms with Gasteiger partial charge in [0.1, 0.15) is 5.69 Å². The van der Waals surface area contributed by atoms with Crippen LogP contribution in [0.5, 0.6) is 0 Å². The zero-order valence-electron chi connectivity index (χ0n) is 13.4. The van der Waals surface area contributed by atoms with Crippen molar-refractivity contribution >= 4 is 17.7 Å². The van der Waals surface area contributed by atoms with Crippen LogP contribution < -0.4 is 0 Å². The number of methoxy groups -OCH3 is 2. The molecule has 1 aliphatic carbocycles. The molecule has 0 amide bonds. The largest absolute Gasteiger partial charge is 0.468 e. The molecule has 118 valence electrons. The second kappa shape index (κ2) is 5.51. The van der Waals surface area contributed by atoms with Crippen molar-refractivity contribution in [3.63, 3.8) is 0 Å². The summed E-state index contributed by atoms with van der Waals surface area (Å²) in [5, 5.41) is 0. The Hall–Kier alpha value is -2.24. The number of nitrogens with zero attached hydrogens (tertiary/aromatic N) is 1. The molecule has 1 aromatic heterocycles. The van der Waals surface area contributed by atoms with E-state index in [0.29, 0.717) is 17.0 Å². The van der Waals surface area contributed by atoms with E-state index in [2.05, 4.69) is 4.98 Å². The summed E-state index contributed by atoms with van der Waals surface area (Å²) in [5.74, 6) is -1.39. The van der Waals surface area contributed by atoms with Crippen LogP contribution in [-0.2, 0) is 31.9 Å². The van der Waals surface area contributed by atoms with Gasteiger partial charge < -0.3 is 9.47 Å². The molecule has 0 radical (unpaired) electrons. The minimum Gasteiger partial charge on any atom is -0.468 e. The van der Waals surface area contributed by atoms with Gasteiger partial charge in [0, 0.05) is 25.5 Å². The van der Waals surface area contributed by atoms with E-state index in [1.165, 1.54) is 21.1 Å². The number of ether oxygens (including phenoxy) is 2. The van der Waals surface area contributed by atoms with Gasteiger partial charge in [0.2, 0.25) is 0 Å². The van der Waals surface area contributed by atoms with Crippen molar-refractivity contribution < 1.29 is 23.9 Å². The normalized spacial score (nSPS) is 15.1. The third-order valence-corrected chi connectivity index (χ3v) is 4.33. The van der Waals surface area contributed by atoms with Crippen LogP contribution in [0.15, 0.2) is 0 Å². The van der Waals surface area contributed by atoms with Gasteiger partial charge in [-0.25, -0.2) is 4.98 Å². The molecule has 0 saturated carbocycles. The molecule has 0 unspecified atom stereocenters. The van der Waals surface area contributed by atoms with Crippen LogP contribution in [-0.4, -0.2) is 36.9 Å². The van der Waals surface area contributed by atoms with Gasteiger partial charge in [0.25, 0.3) is 0 Å². The highest BCUT2D eigenvalue weighted by Gasteiger charge is 2.53. The number of hydrogen-bond acceptors (Lipinski definition) is 6. The molecular formula is C16H19NO5. The lowest BCUT2D eigenvalue weighted by atomic mass is 9.84. The predicted octanol–water partition coefficient (Wildman–Crippen LogP) is 1.33. The predicted molar refractivity (Wildman–Crippen MR) is 77.6 cm³/mol. The van der Waals surface area contributed by atoms with Crippen molar-refractivity contribution in [1.29, 1.82) is 0 Å². The smallest absolute Gasteiger partial charge is 0.323 e. The van der Waals surface area contributed by atoms with Gasteiger partial charge in [0.15, 0.2) is 11.2 Å². The maximum Gasteiger partial charge on any atom is 0.323 e. The highest BCUT2D eigenvalue weighted by Crippen LogP contribution is 2.42. The van der Waals surface area contributed by atoms with Gasteiger partial charge >= 0.3 is 11.9 Å². The van der Waals surface area contributed by atoms with Crippen LogP contribution in [0, 0.1) is 19.3 Å². The van der Waals surface area contributed by atoms with Crippen LogP contribution in [0.1, 0.15) is 39.8 Å². The Bertz CT molecular complexity index is 662. The van der Waals surface area contributed by atoms with E-state index in [-0.39, 0.29) is 18.6 Å². The summed E-state index contributed by atoms with van der Waals surface area (Å²) < 4.78 is 9.64. The molecule has 6 heteroatoms. The molecule has 0 aliphatic heterocycles. The average Bonchev–Trinajstić information content (AvgIpc) is 2.91. The fourth-order valence-corrected chi connectivity index (χ4v) is 3.15. The number of ketones is 1. The second-order valence-corrected chi connectivity index (χ2v) is 5.60. The first kappa shape index (κ1) is 16.1. The van der Waals surface area contributed by atoms with Gasteiger partial charge in [-0.15, -0.1) is 0 Å². The van der Waals surface area contributed by atoms with E-state index in [0.717, 1.165) is 11.1 Å². The maximum atomic E-state index is 12.2. The summed E-state index contributed by atoms with van der Waals surface area (Å²) in [6.45, 7) is 5.01. The molecular weight excluding hydrogens is 286 g/mol. The fourth-order valence-electron chi connectivity index (χ4n) is 3.15.